The van der Waals surface area contributed by atoms with Crippen LogP contribution in [0.2, 0.25) is 0 Å². The van der Waals surface area contributed by atoms with Crippen LogP contribution in [0.25, 0.3) is 0 Å². The van der Waals surface area contributed by atoms with Gasteiger partial charge in [0, 0.05) is 13.2 Å². The van der Waals surface area contributed by atoms with E-state index in [1.165, 1.54) is 6.92 Å². The van der Waals surface area contributed by atoms with E-state index >= 15 is 0 Å². The molecule has 1 N–H and O–H groups in total. The van der Waals surface area contributed by atoms with Crippen LogP contribution in [0.5, 0.6) is 0 Å². The molecule has 0 heterocycles. The van der Waals surface area contributed by atoms with Gasteiger partial charge in [-0.1, -0.05) is 0 Å². The zero-order valence-corrected chi connectivity index (χ0v) is 6.30. The summed E-state index contributed by atoms with van der Waals surface area (Å²) in [5, 5.41) is 8.35. The van der Waals surface area contributed by atoms with Gasteiger partial charge in [0.25, 0.3) is 0 Å². The predicted octanol–water partition coefficient (Wildman–Crippen LogP) is 0.364. The van der Waals surface area contributed by atoms with Gasteiger partial charge in [-0.05, 0) is 19.8 Å². The Kier molecular flexibility index (Phi) is 6.43. The van der Waals surface area contributed by atoms with E-state index in [4.69, 9.17) is 9.84 Å². The lowest BCUT2D eigenvalue weighted by Crippen LogP contribution is -2.05. The molecule has 0 amide bonds. The van der Waals surface area contributed by atoms with E-state index < -0.39 is 0 Å². The Bertz CT molecular complexity index is 90.9. The second kappa shape index (κ2) is 6.71. The first-order chi connectivity index (χ1) is 4.77. The lowest BCUT2D eigenvalue weighted by molar-refractivity contribution is -0.121. The molecule has 0 aliphatic heterocycles. The van der Waals surface area contributed by atoms with Gasteiger partial charge in [-0.15, -0.1) is 0 Å². The van der Waals surface area contributed by atoms with Crippen molar-refractivity contribution in [3.05, 3.63) is 0 Å². The minimum absolute atomic E-state index is 0.0454. The maximum Gasteiger partial charge on any atom is 0.155 e. The fraction of sp³-hybridized carbons (Fsp3) is 0.857. The quantitative estimate of drug-likeness (QED) is 0.550. The average molecular weight is 146 g/mol. The summed E-state index contributed by atoms with van der Waals surface area (Å²) in [5.41, 5.74) is 0. The molecule has 0 saturated carbocycles. The van der Waals surface area contributed by atoms with Crippen molar-refractivity contribution in [3.8, 4) is 0 Å². The van der Waals surface area contributed by atoms with Crippen LogP contribution in [0.1, 0.15) is 19.8 Å². The minimum Gasteiger partial charge on any atom is -0.396 e. The molecule has 60 valence electrons. The maximum absolute atomic E-state index is 10.3. The van der Waals surface area contributed by atoms with Crippen LogP contribution in [0.15, 0.2) is 0 Å². The molecule has 0 saturated heterocycles. The molecule has 0 radical (unpaired) electrons. The molecule has 0 aromatic rings. The Morgan fingerprint density at radius 2 is 2.20 bits per heavy atom. The third-order valence-corrected chi connectivity index (χ3v) is 1.00. The summed E-state index contributed by atoms with van der Waals surface area (Å²) >= 11 is 0. The summed E-state index contributed by atoms with van der Waals surface area (Å²) in [7, 11) is 0. The van der Waals surface area contributed by atoms with E-state index in [9.17, 15) is 4.79 Å². The van der Waals surface area contributed by atoms with Crippen LogP contribution in [0, 0.1) is 0 Å². The number of hydrogen-bond donors (Lipinski definition) is 1. The number of unbranched alkanes of at least 4 members (excludes halogenated alkanes) is 1. The first-order valence-corrected chi connectivity index (χ1v) is 3.45. The van der Waals surface area contributed by atoms with Gasteiger partial charge in [-0.3, -0.25) is 4.79 Å². The molecular formula is C7H14O3. The van der Waals surface area contributed by atoms with Crippen molar-refractivity contribution in [3.63, 3.8) is 0 Å². The van der Waals surface area contributed by atoms with Gasteiger partial charge in [0.2, 0.25) is 0 Å². The van der Waals surface area contributed by atoms with Crippen molar-refractivity contribution >= 4 is 5.78 Å². The second-order valence-electron chi connectivity index (χ2n) is 2.19. The Morgan fingerprint density at radius 3 is 2.70 bits per heavy atom. The molecule has 0 aliphatic carbocycles. The first-order valence-electron chi connectivity index (χ1n) is 3.45. The summed E-state index contributed by atoms with van der Waals surface area (Å²) in [4.78, 5) is 10.3. The molecule has 0 aromatic heterocycles. The van der Waals surface area contributed by atoms with Crippen molar-refractivity contribution in [2.75, 3.05) is 19.8 Å². The topological polar surface area (TPSA) is 46.5 Å². The lowest BCUT2D eigenvalue weighted by Gasteiger charge is -1.98. The fourth-order valence-corrected chi connectivity index (χ4v) is 0.532. The van der Waals surface area contributed by atoms with Crippen molar-refractivity contribution < 1.29 is 14.6 Å². The largest absolute Gasteiger partial charge is 0.396 e. The zero-order valence-electron chi connectivity index (χ0n) is 6.30. The highest BCUT2D eigenvalue weighted by Gasteiger charge is 1.91. The van der Waals surface area contributed by atoms with Gasteiger partial charge in [0.1, 0.15) is 6.61 Å². The fourth-order valence-electron chi connectivity index (χ4n) is 0.532. The Morgan fingerprint density at radius 1 is 1.50 bits per heavy atom. The first kappa shape index (κ1) is 9.59. The number of Topliss-reactive ketones (excluding diaryl/α,β-unsaturated/α-hetero) is 1. The van der Waals surface area contributed by atoms with Crippen molar-refractivity contribution in [1.29, 1.82) is 0 Å². The average Bonchev–Trinajstić information content (AvgIpc) is 1.87. The number of carbonyl (C=O) groups excluding carboxylic acids is 1. The molecule has 3 heteroatoms. The van der Waals surface area contributed by atoms with Crippen LogP contribution >= 0.6 is 0 Å². The van der Waals surface area contributed by atoms with E-state index in [2.05, 4.69) is 0 Å². The van der Waals surface area contributed by atoms with E-state index in [1.807, 2.05) is 0 Å². The van der Waals surface area contributed by atoms with E-state index in [-0.39, 0.29) is 19.0 Å². The molecule has 0 aliphatic rings. The van der Waals surface area contributed by atoms with E-state index in [0.717, 1.165) is 12.8 Å². The number of ketones is 1. The predicted molar refractivity (Wildman–Crippen MR) is 37.8 cm³/mol. The van der Waals surface area contributed by atoms with Crippen molar-refractivity contribution in [2.24, 2.45) is 0 Å². The Hall–Kier alpha value is -0.410. The molecule has 0 bridgehead atoms. The number of aliphatic hydroxyl groups is 1. The number of hydrogen-bond acceptors (Lipinski definition) is 3. The Labute approximate surface area is 61.0 Å². The minimum atomic E-state index is 0.0454. The van der Waals surface area contributed by atoms with E-state index in [1.54, 1.807) is 0 Å². The monoisotopic (exact) mass is 146 g/mol. The van der Waals surface area contributed by atoms with Gasteiger partial charge >= 0.3 is 0 Å². The normalized spacial score (nSPS) is 9.80. The molecule has 0 aromatic carbocycles. The molecule has 10 heavy (non-hydrogen) atoms. The zero-order chi connectivity index (χ0) is 7.82. The summed E-state index contributed by atoms with van der Waals surface area (Å²) in [6.45, 7) is 2.46. The second-order valence-corrected chi connectivity index (χ2v) is 2.19. The van der Waals surface area contributed by atoms with Crippen LogP contribution < -0.4 is 0 Å². The highest BCUT2D eigenvalue weighted by Crippen LogP contribution is 1.87. The summed E-state index contributed by atoms with van der Waals surface area (Å²) in [6, 6.07) is 0. The standard InChI is InChI=1S/C7H14O3/c1-7(9)6-10-5-3-2-4-8/h8H,2-6H2,1H3. The molecular weight excluding hydrogens is 132 g/mol. The molecule has 3 nitrogen and oxygen atoms in total. The molecule has 0 spiro atoms. The van der Waals surface area contributed by atoms with Crippen molar-refractivity contribution in [2.45, 2.75) is 19.8 Å². The lowest BCUT2D eigenvalue weighted by atomic mass is 10.3. The van der Waals surface area contributed by atoms with E-state index in [0.29, 0.717) is 6.61 Å². The van der Waals surface area contributed by atoms with Crippen LogP contribution in [0.3, 0.4) is 0 Å². The highest BCUT2D eigenvalue weighted by atomic mass is 16.5. The summed E-state index contributed by atoms with van der Waals surface area (Å²) in [5.74, 6) is 0.0454. The Balaban J connectivity index is 2.84. The van der Waals surface area contributed by atoms with Crippen LogP contribution in [-0.2, 0) is 9.53 Å². The van der Waals surface area contributed by atoms with Gasteiger partial charge in [-0.2, -0.15) is 0 Å². The smallest absolute Gasteiger partial charge is 0.155 e. The number of ether oxygens (including phenoxy) is 1. The highest BCUT2D eigenvalue weighted by molar-refractivity contribution is 5.76. The van der Waals surface area contributed by atoms with Gasteiger partial charge in [-0.25, -0.2) is 0 Å². The summed E-state index contributed by atoms with van der Waals surface area (Å²) < 4.78 is 4.94. The SMILES string of the molecule is CC(=O)COCCCCO. The van der Waals surface area contributed by atoms with Crippen LogP contribution in [0.4, 0.5) is 0 Å². The van der Waals surface area contributed by atoms with Gasteiger partial charge in [0.05, 0.1) is 0 Å². The van der Waals surface area contributed by atoms with Crippen LogP contribution in [-0.4, -0.2) is 30.7 Å². The third kappa shape index (κ3) is 7.59. The molecule has 0 rings (SSSR count). The molecule has 0 fully saturated rings. The number of rotatable bonds is 6. The number of carbonyl (C=O) groups is 1. The summed E-state index contributed by atoms with van der Waals surface area (Å²) in [6.07, 6.45) is 1.57. The molecule has 0 unspecified atom stereocenters. The molecule has 0 atom stereocenters. The van der Waals surface area contributed by atoms with Gasteiger partial charge < -0.3 is 9.84 Å². The van der Waals surface area contributed by atoms with Gasteiger partial charge in [0.15, 0.2) is 5.78 Å². The number of aliphatic hydroxyl groups excluding tert-OH is 1. The third-order valence-electron chi connectivity index (χ3n) is 1.00. The van der Waals surface area contributed by atoms with Crippen molar-refractivity contribution in [1.82, 2.24) is 0 Å². The maximum atomic E-state index is 10.3.